The van der Waals surface area contributed by atoms with Crippen LogP contribution in [-0.4, -0.2) is 5.78 Å². The average molecular weight is 403 g/mol. The summed E-state index contributed by atoms with van der Waals surface area (Å²) in [5.74, 6) is -1.32. The lowest BCUT2D eigenvalue weighted by molar-refractivity contribution is 0.0979. The van der Waals surface area contributed by atoms with Crippen LogP contribution in [0.1, 0.15) is 21.8 Å². The molecular weight excluding hydrogens is 396 g/mol. The molecule has 0 aliphatic rings. The molecule has 2 rings (SSSR count). The molecule has 0 bridgehead atoms. The molecule has 0 amide bonds. The van der Waals surface area contributed by atoms with Gasteiger partial charge >= 0.3 is 0 Å². The van der Waals surface area contributed by atoms with Crippen LogP contribution in [0, 0.1) is 11.3 Å². The van der Waals surface area contributed by atoms with Gasteiger partial charge in [-0.05, 0) is 35.9 Å². The van der Waals surface area contributed by atoms with E-state index in [0.29, 0.717) is 30.7 Å². The van der Waals surface area contributed by atoms with Crippen molar-refractivity contribution in [2.45, 2.75) is 5.92 Å². The van der Waals surface area contributed by atoms with Crippen LogP contribution in [0.15, 0.2) is 40.9 Å². The van der Waals surface area contributed by atoms with Gasteiger partial charge in [0.1, 0.15) is 5.92 Å². The second kappa shape index (κ2) is 6.81. The molecule has 1 atom stereocenters. The number of halogens is 4. The monoisotopic (exact) mass is 401 g/mol. The highest BCUT2D eigenvalue weighted by atomic mass is 79.9. The van der Waals surface area contributed by atoms with E-state index < -0.39 is 5.92 Å². The number of rotatable bonds is 3. The minimum Gasteiger partial charge on any atom is -0.292 e. The lowest BCUT2D eigenvalue weighted by Gasteiger charge is -2.10. The van der Waals surface area contributed by atoms with Crippen molar-refractivity contribution >= 4 is 56.5 Å². The fourth-order valence-corrected chi connectivity index (χ4v) is 3.01. The summed E-state index contributed by atoms with van der Waals surface area (Å²) in [6, 6.07) is 11.5. The molecule has 0 radical (unpaired) electrons. The zero-order valence-electron chi connectivity index (χ0n) is 10.4. The third-order valence-electron chi connectivity index (χ3n) is 2.82. The summed E-state index contributed by atoms with van der Waals surface area (Å²) >= 11 is 21.0. The lowest BCUT2D eigenvalue weighted by atomic mass is 9.92. The van der Waals surface area contributed by atoms with Crippen LogP contribution in [0.25, 0.3) is 0 Å². The first-order chi connectivity index (χ1) is 9.92. The summed E-state index contributed by atoms with van der Waals surface area (Å²) in [6.07, 6.45) is 0. The smallest absolute Gasteiger partial charge is 0.184 e. The van der Waals surface area contributed by atoms with E-state index >= 15 is 0 Å². The number of nitriles is 1. The van der Waals surface area contributed by atoms with E-state index in [1.807, 2.05) is 6.07 Å². The first kappa shape index (κ1) is 16.3. The van der Waals surface area contributed by atoms with Gasteiger partial charge in [0.2, 0.25) is 0 Å². The van der Waals surface area contributed by atoms with Crippen molar-refractivity contribution in [1.82, 2.24) is 0 Å². The Kier molecular flexibility index (Phi) is 5.29. The van der Waals surface area contributed by atoms with Gasteiger partial charge in [-0.3, -0.25) is 4.79 Å². The maximum atomic E-state index is 12.5. The van der Waals surface area contributed by atoms with Gasteiger partial charge in [-0.1, -0.05) is 56.8 Å². The highest BCUT2D eigenvalue weighted by Crippen LogP contribution is 2.29. The van der Waals surface area contributed by atoms with E-state index in [-0.39, 0.29) is 5.78 Å². The Morgan fingerprint density at radius 3 is 2.38 bits per heavy atom. The number of hydrogen-bond donors (Lipinski definition) is 0. The molecule has 0 aliphatic carbocycles. The Hall–Kier alpha value is -1.05. The van der Waals surface area contributed by atoms with Crippen molar-refractivity contribution in [1.29, 1.82) is 5.26 Å². The number of nitrogens with zero attached hydrogens (tertiary/aromatic N) is 1. The highest BCUT2D eigenvalue weighted by Gasteiger charge is 2.23. The molecule has 0 saturated carbocycles. The molecule has 2 aromatic carbocycles. The number of carbonyl (C=O) groups is 1. The Morgan fingerprint density at radius 2 is 1.81 bits per heavy atom. The highest BCUT2D eigenvalue weighted by molar-refractivity contribution is 9.10. The van der Waals surface area contributed by atoms with Crippen molar-refractivity contribution in [3.8, 4) is 6.07 Å². The molecule has 0 aliphatic heterocycles. The second-order valence-corrected chi connectivity index (χ2v) is 6.42. The van der Waals surface area contributed by atoms with Gasteiger partial charge in [0.05, 0.1) is 16.1 Å². The predicted octanol–water partition coefficient (Wildman–Crippen LogP) is 5.90. The Bertz CT molecular complexity index is 735. The molecule has 0 spiro atoms. The number of benzene rings is 2. The van der Waals surface area contributed by atoms with Gasteiger partial charge in [0.15, 0.2) is 5.78 Å². The first-order valence-electron chi connectivity index (χ1n) is 5.77. The van der Waals surface area contributed by atoms with Crippen molar-refractivity contribution in [2.24, 2.45) is 0 Å². The molecule has 106 valence electrons. The van der Waals surface area contributed by atoms with E-state index in [1.54, 1.807) is 24.3 Å². The van der Waals surface area contributed by atoms with Crippen molar-refractivity contribution < 1.29 is 4.79 Å². The summed E-state index contributed by atoms with van der Waals surface area (Å²) < 4.78 is 0.671. The minimum atomic E-state index is -0.967. The van der Waals surface area contributed by atoms with Crippen molar-refractivity contribution in [2.75, 3.05) is 0 Å². The van der Waals surface area contributed by atoms with Gasteiger partial charge in [0, 0.05) is 15.1 Å². The summed E-state index contributed by atoms with van der Waals surface area (Å²) in [7, 11) is 0. The number of carbonyl (C=O) groups excluding carboxylic acids is 1. The molecule has 0 saturated heterocycles. The normalized spacial score (nSPS) is 11.8. The van der Waals surface area contributed by atoms with Gasteiger partial charge < -0.3 is 0 Å². The number of ketones is 1. The standard InChI is InChI=1S/C15H7BrCl3NO/c16-10-3-9(4-11(17)6-10)15(21)12(7-20)8-1-2-13(18)14(19)5-8/h1-6,12H. The molecule has 0 N–H and O–H groups in total. The molecule has 2 aromatic rings. The van der Waals surface area contributed by atoms with Gasteiger partial charge in [0.25, 0.3) is 0 Å². The molecule has 2 nitrogen and oxygen atoms in total. The summed E-state index contributed by atoms with van der Waals surface area (Å²) in [5, 5.41) is 10.4. The molecule has 1 unspecified atom stereocenters. The van der Waals surface area contributed by atoms with Crippen LogP contribution in [0.5, 0.6) is 0 Å². The van der Waals surface area contributed by atoms with Gasteiger partial charge in [-0.25, -0.2) is 0 Å². The fourth-order valence-electron chi connectivity index (χ4n) is 1.84. The largest absolute Gasteiger partial charge is 0.292 e. The van der Waals surface area contributed by atoms with E-state index in [9.17, 15) is 10.1 Å². The molecule has 0 heterocycles. The second-order valence-electron chi connectivity index (χ2n) is 4.26. The first-order valence-corrected chi connectivity index (χ1v) is 7.70. The third-order valence-corrected chi connectivity index (χ3v) is 4.23. The molecule has 21 heavy (non-hydrogen) atoms. The van der Waals surface area contributed by atoms with Crippen molar-refractivity contribution in [3.05, 3.63) is 67.1 Å². The molecule has 6 heteroatoms. The molecular formula is C15H7BrCl3NO. The van der Waals surface area contributed by atoms with E-state index in [2.05, 4.69) is 15.9 Å². The van der Waals surface area contributed by atoms with Gasteiger partial charge in [-0.2, -0.15) is 5.26 Å². The van der Waals surface area contributed by atoms with E-state index in [0.717, 1.165) is 0 Å². The zero-order chi connectivity index (χ0) is 15.6. The van der Waals surface area contributed by atoms with Crippen LogP contribution in [-0.2, 0) is 0 Å². The molecule has 0 fully saturated rings. The van der Waals surface area contributed by atoms with Gasteiger partial charge in [-0.15, -0.1) is 0 Å². The number of hydrogen-bond acceptors (Lipinski definition) is 2. The van der Waals surface area contributed by atoms with Crippen LogP contribution in [0.3, 0.4) is 0 Å². The Morgan fingerprint density at radius 1 is 1.10 bits per heavy atom. The SMILES string of the molecule is N#CC(C(=O)c1cc(Cl)cc(Br)c1)c1ccc(Cl)c(Cl)c1. The fraction of sp³-hybridized carbons (Fsp3) is 0.0667. The quantitative estimate of drug-likeness (QED) is 0.599. The predicted molar refractivity (Wildman–Crippen MR) is 88.3 cm³/mol. The lowest BCUT2D eigenvalue weighted by Crippen LogP contribution is -2.11. The van der Waals surface area contributed by atoms with E-state index in [1.165, 1.54) is 12.1 Å². The third kappa shape index (κ3) is 3.78. The summed E-state index contributed by atoms with van der Waals surface area (Å²) in [4.78, 5) is 12.5. The summed E-state index contributed by atoms with van der Waals surface area (Å²) in [6.45, 7) is 0. The van der Waals surface area contributed by atoms with Crippen LogP contribution >= 0.6 is 50.7 Å². The number of Topliss-reactive ketones (excluding diaryl/α,β-unsaturated/α-hetero) is 1. The Labute approximate surface area is 145 Å². The minimum absolute atomic E-state index is 0.300. The average Bonchev–Trinajstić information content (AvgIpc) is 2.42. The maximum absolute atomic E-state index is 12.5. The topological polar surface area (TPSA) is 40.9 Å². The molecule has 0 aromatic heterocycles. The zero-order valence-corrected chi connectivity index (χ0v) is 14.3. The van der Waals surface area contributed by atoms with E-state index in [4.69, 9.17) is 34.8 Å². The maximum Gasteiger partial charge on any atom is 0.184 e. The Balaban J connectivity index is 2.43. The van der Waals surface area contributed by atoms with Crippen LogP contribution < -0.4 is 0 Å². The van der Waals surface area contributed by atoms with Crippen LogP contribution in [0.2, 0.25) is 15.1 Å². The van der Waals surface area contributed by atoms with Crippen molar-refractivity contribution in [3.63, 3.8) is 0 Å². The summed E-state index contributed by atoms with van der Waals surface area (Å²) in [5.41, 5.74) is 0.847. The van der Waals surface area contributed by atoms with Crippen LogP contribution in [0.4, 0.5) is 0 Å².